The van der Waals surface area contributed by atoms with Crippen molar-refractivity contribution in [3.8, 4) is 5.75 Å². The van der Waals surface area contributed by atoms with Gasteiger partial charge in [0.15, 0.2) is 6.61 Å². The van der Waals surface area contributed by atoms with E-state index in [1.807, 2.05) is 18.2 Å². The van der Waals surface area contributed by atoms with Gasteiger partial charge in [-0.15, -0.1) is 0 Å². The number of rotatable bonds is 4. The molecule has 1 aliphatic heterocycles. The number of benzene rings is 2. The van der Waals surface area contributed by atoms with E-state index in [2.05, 4.69) is 5.32 Å². The molecule has 0 spiro atoms. The number of hydrogen-bond donors (Lipinski definition) is 1. The second kappa shape index (κ2) is 6.93. The minimum absolute atomic E-state index is 0.00572. The number of anilines is 2. The number of carbonyl (C=O) groups excluding carboxylic acids is 2. The molecule has 0 atom stereocenters. The van der Waals surface area contributed by atoms with Gasteiger partial charge in [0.2, 0.25) is 5.91 Å². The fourth-order valence-electron chi connectivity index (χ4n) is 2.52. The maximum atomic E-state index is 12.3. The van der Waals surface area contributed by atoms with E-state index < -0.39 is 0 Å². The van der Waals surface area contributed by atoms with Crippen LogP contribution in [0.3, 0.4) is 0 Å². The lowest BCUT2D eigenvalue weighted by molar-refractivity contribution is -0.121. The molecule has 1 heterocycles. The Morgan fingerprint density at radius 3 is 2.88 bits per heavy atom. The first kappa shape index (κ1) is 16.3. The van der Waals surface area contributed by atoms with Crippen molar-refractivity contribution in [3.05, 3.63) is 53.1 Å². The average molecular weight is 345 g/mol. The third-order valence-corrected chi connectivity index (χ3v) is 3.97. The molecule has 0 unspecified atom stereocenters. The molecule has 0 saturated heterocycles. The average Bonchev–Trinajstić information content (AvgIpc) is 2.57. The summed E-state index contributed by atoms with van der Waals surface area (Å²) in [4.78, 5) is 25.5. The van der Waals surface area contributed by atoms with E-state index in [-0.39, 0.29) is 18.4 Å². The number of fused-ring (bicyclic) bond motifs is 1. The zero-order valence-corrected chi connectivity index (χ0v) is 14.0. The van der Waals surface area contributed by atoms with Crippen molar-refractivity contribution in [2.45, 2.75) is 19.9 Å². The highest BCUT2D eigenvalue weighted by atomic mass is 35.5. The van der Waals surface area contributed by atoms with Gasteiger partial charge in [-0.2, -0.15) is 0 Å². The van der Waals surface area contributed by atoms with Gasteiger partial charge >= 0.3 is 0 Å². The molecule has 24 heavy (non-hydrogen) atoms. The van der Waals surface area contributed by atoms with Crippen LogP contribution in [0.15, 0.2) is 42.5 Å². The predicted octanol–water partition coefficient (Wildman–Crippen LogP) is 3.61. The second-order valence-electron chi connectivity index (χ2n) is 5.48. The van der Waals surface area contributed by atoms with Gasteiger partial charge in [-0.25, -0.2) is 0 Å². The highest BCUT2D eigenvalue weighted by molar-refractivity contribution is 6.30. The quantitative estimate of drug-likeness (QED) is 0.921. The van der Waals surface area contributed by atoms with Gasteiger partial charge in [0.05, 0.1) is 12.2 Å². The summed E-state index contributed by atoms with van der Waals surface area (Å²) in [6.45, 7) is 2.17. The van der Waals surface area contributed by atoms with Crippen LogP contribution in [0, 0.1) is 0 Å². The molecule has 2 aromatic rings. The Hall–Kier alpha value is -2.53. The van der Waals surface area contributed by atoms with Crippen molar-refractivity contribution in [2.24, 2.45) is 0 Å². The van der Waals surface area contributed by atoms with E-state index in [4.69, 9.17) is 16.3 Å². The van der Waals surface area contributed by atoms with Crippen molar-refractivity contribution in [3.63, 3.8) is 0 Å². The van der Waals surface area contributed by atoms with Gasteiger partial charge in [0.25, 0.3) is 5.91 Å². The first-order valence-electron chi connectivity index (χ1n) is 7.68. The van der Waals surface area contributed by atoms with Crippen LogP contribution in [0.1, 0.15) is 18.9 Å². The number of nitrogens with one attached hydrogen (secondary N) is 1. The summed E-state index contributed by atoms with van der Waals surface area (Å²) in [7, 11) is 0. The van der Waals surface area contributed by atoms with Crippen LogP contribution >= 0.6 is 11.6 Å². The lowest BCUT2D eigenvalue weighted by Gasteiger charge is -2.30. The highest BCUT2D eigenvalue weighted by Gasteiger charge is 2.26. The minimum atomic E-state index is -0.138. The van der Waals surface area contributed by atoms with Crippen molar-refractivity contribution in [1.29, 1.82) is 0 Å². The number of ether oxygens (including phenoxy) is 1. The Morgan fingerprint density at radius 1 is 1.29 bits per heavy atom. The molecule has 0 radical (unpaired) electrons. The van der Waals surface area contributed by atoms with Crippen molar-refractivity contribution >= 4 is 34.8 Å². The maximum Gasteiger partial charge on any atom is 0.265 e. The molecule has 2 aromatic carbocycles. The van der Waals surface area contributed by atoms with Crippen molar-refractivity contribution < 1.29 is 14.3 Å². The number of carbonyl (C=O) groups is 2. The first-order chi connectivity index (χ1) is 11.6. The largest absolute Gasteiger partial charge is 0.482 e. The molecule has 0 aromatic heterocycles. The third-order valence-electron chi connectivity index (χ3n) is 3.74. The summed E-state index contributed by atoms with van der Waals surface area (Å²) in [6.07, 6.45) is 0.388. The Balaban J connectivity index is 1.92. The van der Waals surface area contributed by atoms with Gasteiger partial charge in [-0.3, -0.25) is 9.59 Å². The Bertz CT molecular complexity index is 792. The zero-order valence-electron chi connectivity index (χ0n) is 13.2. The molecule has 3 rings (SSSR count). The molecular formula is C18H17ClN2O3. The predicted molar refractivity (Wildman–Crippen MR) is 93.5 cm³/mol. The molecule has 0 saturated carbocycles. The molecule has 5 nitrogen and oxygen atoms in total. The lowest BCUT2D eigenvalue weighted by Crippen LogP contribution is -2.38. The van der Waals surface area contributed by atoms with Gasteiger partial charge in [0.1, 0.15) is 5.75 Å². The Morgan fingerprint density at radius 2 is 2.12 bits per heavy atom. The van der Waals surface area contributed by atoms with E-state index in [1.165, 1.54) is 0 Å². The second-order valence-corrected chi connectivity index (χ2v) is 5.92. The van der Waals surface area contributed by atoms with Gasteiger partial charge < -0.3 is 15.0 Å². The minimum Gasteiger partial charge on any atom is -0.482 e. The zero-order chi connectivity index (χ0) is 17.1. The summed E-state index contributed by atoms with van der Waals surface area (Å²) in [5.74, 6) is 0.395. The third kappa shape index (κ3) is 3.51. The first-order valence-corrected chi connectivity index (χ1v) is 8.06. The highest BCUT2D eigenvalue weighted by Crippen LogP contribution is 2.35. The smallest absolute Gasteiger partial charge is 0.265 e. The summed E-state index contributed by atoms with van der Waals surface area (Å²) in [6, 6.07) is 12.7. The fourth-order valence-corrected chi connectivity index (χ4v) is 2.73. The maximum absolute atomic E-state index is 12.3. The van der Waals surface area contributed by atoms with E-state index in [1.54, 1.807) is 36.1 Å². The van der Waals surface area contributed by atoms with E-state index in [9.17, 15) is 9.59 Å². The molecule has 2 amide bonds. The van der Waals surface area contributed by atoms with E-state index in [0.29, 0.717) is 35.1 Å². The molecule has 1 aliphatic rings. The van der Waals surface area contributed by atoms with Crippen LogP contribution in [0.25, 0.3) is 0 Å². The molecule has 0 aliphatic carbocycles. The number of halogens is 1. The number of hydrogen-bond acceptors (Lipinski definition) is 3. The van der Waals surface area contributed by atoms with Crippen molar-refractivity contribution in [1.82, 2.24) is 0 Å². The topological polar surface area (TPSA) is 58.6 Å². The van der Waals surface area contributed by atoms with E-state index in [0.717, 1.165) is 5.56 Å². The Labute approximate surface area is 145 Å². The normalized spacial score (nSPS) is 13.2. The van der Waals surface area contributed by atoms with Gasteiger partial charge in [0, 0.05) is 17.1 Å². The van der Waals surface area contributed by atoms with Crippen LogP contribution < -0.4 is 15.0 Å². The van der Waals surface area contributed by atoms with Crippen molar-refractivity contribution in [2.75, 3.05) is 16.8 Å². The Kier molecular flexibility index (Phi) is 4.71. The summed E-state index contributed by atoms with van der Waals surface area (Å²) in [5, 5.41) is 3.42. The standard InChI is InChI=1S/C18H17ClN2O3/c1-2-17(22)20-14-6-7-16-15(9-14)21(18(23)11-24-16)10-12-4-3-5-13(19)8-12/h3-9H,2,10-11H2,1H3,(H,20,22). The number of amides is 2. The summed E-state index contributed by atoms with van der Waals surface area (Å²) < 4.78 is 5.48. The van der Waals surface area contributed by atoms with Gasteiger partial charge in [-0.1, -0.05) is 30.7 Å². The van der Waals surface area contributed by atoms with Gasteiger partial charge in [-0.05, 0) is 35.9 Å². The summed E-state index contributed by atoms with van der Waals surface area (Å²) in [5.41, 5.74) is 2.20. The van der Waals surface area contributed by atoms with Crippen LogP contribution in [-0.4, -0.2) is 18.4 Å². The molecule has 124 valence electrons. The molecule has 0 fully saturated rings. The SMILES string of the molecule is CCC(=O)Nc1ccc2c(c1)N(Cc1cccc(Cl)c1)C(=O)CO2. The molecule has 1 N–H and O–H groups in total. The van der Waals surface area contributed by atoms with Crippen LogP contribution in [0.5, 0.6) is 5.75 Å². The fraction of sp³-hybridized carbons (Fsp3) is 0.222. The monoisotopic (exact) mass is 344 g/mol. The number of nitrogens with zero attached hydrogens (tertiary/aromatic N) is 1. The van der Waals surface area contributed by atoms with Crippen LogP contribution in [0.2, 0.25) is 5.02 Å². The summed E-state index contributed by atoms with van der Waals surface area (Å²) >= 11 is 6.02. The molecule has 0 bridgehead atoms. The van der Waals surface area contributed by atoms with Crippen LogP contribution in [-0.2, 0) is 16.1 Å². The lowest BCUT2D eigenvalue weighted by atomic mass is 10.1. The van der Waals surface area contributed by atoms with Crippen LogP contribution in [0.4, 0.5) is 11.4 Å². The molecular weight excluding hydrogens is 328 g/mol. The molecule has 6 heteroatoms. The van der Waals surface area contributed by atoms with E-state index >= 15 is 0 Å².